The molecule has 4 rings (SSSR count). The molecule has 3 aromatic rings. The van der Waals surface area contributed by atoms with Crippen molar-refractivity contribution in [3.8, 4) is 5.75 Å². The van der Waals surface area contributed by atoms with E-state index in [1.165, 1.54) is 33.7 Å². The van der Waals surface area contributed by atoms with Crippen molar-refractivity contribution in [1.82, 2.24) is 4.90 Å². The molecule has 0 unspecified atom stereocenters. The number of ether oxygens (including phenoxy) is 1. The minimum atomic E-state index is -0.994. The van der Waals surface area contributed by atoms with Gasteiger partial charge in [-0.1, -0.05) is 60.7 Å². The van der Waals surface area contributed by atoms with E-state index in [4.69, 9.17) is 32.9 Å². The van der Waals surface area contributed by atoms with Crippen LogP contribution in [0.4, 0.5) is 0 Å². The number of carboxylic acids is 2. The Morgan fingerprint density at radius 2 is 1.76 bits per heavy atom. The number of carbonyl (C=O) groups excluding carboxylic acids is 1. The zero-order valence-corrected chi connectivity index (χ0v) is 21.5. The van der Waals surface area contributed by atoms with E-state index >= 15 is 0 Å². The molecular weight excluding hydrogens is 492 g/mol. The van der Waals surface area contributed by atoms with E-state index in [1.54, 1.807) is 0 Å². The van der Waals surface area contributed by atoms with Gasteiger partial charge in [-0.05, 0) is 47.4 Å². The Balaban J connectivity index is 0.000000266. The number of likely N-dealkylation sites (tertiary alicyclic amines) is 1. The number of hydrogen-bond acceptors (Lipinski definition) is 6. The Labute approximate surface area is 220 Å². The van der Waals surface area contributed by atoms with Crippen LogP contribution in [0.15, 0.2) is 60.7 Å². The van der Waals surface area contributed by atoms with Crippen LogP contribution in [0.5, 0.6) is 5.75 Å². The summed E-state index contributed by atoms with van der Waals surface area (Å²) in [6.45, 7) is 4.23. The van der Waals surface area contributed by atoms with Gasteiger partial charge in [-0.25, -0.2) is 4.79 Å². The molecule has 1 aliphatic rings. The van der Waals surface area contributed by atoms with E-state index in [1.807, 2.05) is 36.4 Å². The summed E-state index contributed by atoms with van der Waals surface area (Å²) in [5.74, 6) is -1.46. The quantitative estimate of drug-likeness (QED) is 0.400. The summed E-state index contributed by atoms with van der Waals surface area (Å²) in [6, 6.07) is 18.3. The minimum absolute atomic E-state index is 0.234. The van der Waals surface area contributed by atoms with Gasteiger partial charge < -0.3 is 25.6 Å². The summed E-state index contributed by atoms with van der Waals surface area (Å²) < 4.78 is 5.94. The Morgan fingerprint density at radius 1 is 1.08 bits per heavy atom. The third-order valence-electron chi connectivity index (χ3n) is 6.19. The average Bonchev–Trinajstić information content (AvgIpc) is 3.27. The molecule has 0 aliphatic carbocycles. The normalized spacial score (nSPS) is 15.6. The maximum absolute atomic E-state index is 10.9. The SMILES string of the molecule is CC(=O)N1CC(=S)C[C@H]1C(=O)O.Cc1ccc2ccccc2c1COc1ccc(C[C@H](N)C(=O)O)cc1. The van der Waals surface area contributed by atoms with Crippen LogP contribution in [0.2, 0.25) is 0 Å². The lowest BCUT2D eigenvalue weighted by Gasteiger charge is -2.18. The molecule has 0 saturated carbocycles. The van der Waals surface area contributed by atoms with E-state index in [0.717, 1.165) is 11.3 Å². The van der Waals surface area contributed by atoms with Crippen LogP contribution in [0.25, 0.3) is 10.8 Å². The van der Waals surface area contributed by atoms with Crippen LogP contribution >= 0.6 is 12.2 Å². The van der Waals surface area contributed by atoms with Gasteiger partial charge in [0.2, 0.25) is 5.91 Å². The standard InChI is InChI=1S/C21H21NO3.C7H9NO3S/c1-14-6-9-16-4-2-3-5-18(16)19(14)13-25-17-10-7-15(8-11-17)12-20(22)21(23)24;1-4(9)8-3-5(12)2-6(8)7(10)11/h2-11,20H,12-13,22H2,1H3,(H,23,24);6H,2-3H2,1H3,(H,10,11)/t20-;6-/m00/s1. The Kier molecular flexibility index (Phi) is 9.32. The summed E-state index contributed by atoms with van der Waals surface area (Å²) in [6.07, 6.45) is 0.613. The van der Waals surface area contributed by atoms with Crippen molar-refractivity contribution < 1.29 is 29.3 Å². The highest BCUT2D eigenvalue weighted by Gasteiger charge is 2.34. The molecule has 2 atom stereocenters. The van der Waals surface area contributed by atoms with Crippen molar-refractivity contribution in [3.63, 3.8) is 0 Å². The first-order valence-corrected chi connectivity index (χ1v) is 12.2. The molecule has 8 nitrogen and oxygen atoms in total. The number of nitrogens with two attached hydrogens (primary N) is 1. The smallest absolute Gasteiger partial charge is 0.326 e. The molecule has 1 heterocycles. The molecule has 1 saturated heterocycles. The number of benzene rings is 3. The fourth-order valence-electron chi connectivity index (χ4n) is 4.10. The lowest BCUT2D eigenvalue weighted by molar-refractivity contribution is -0.147. The van der Waals surface area contributed by atoms with E-state index in [2.05, 4.69) is 31.2 Å². The molecule has 0 radical (unpaired) electrons. The lowest BCUT2D eigenvalue weighted by atomic mass is 10.0. The molecule has 4 N–H and O–H groups in total. The monoisotopic (exact) mass is 522 g/mol. The predicted octanol–water partition coefficient (Wildman–Crippen LogP) is 3.74. The second-order valence-electron chi connectivity index (χ2n) is 8.91. The van der Waals surface area contributed by atoms with E-state index in [0.29, 0.717) is 30.9 Å². The molecule has 9 heteroatoms. The van der Waals surface area contributed by atoms with Crippen molar-refractivity contribution in [1.29, 1.82) is 0 Å². The van der Waals surface area contributed by atoms with Gasteiger partial charge in [0, 0.05) is 23.8 Å². The number of carboxylic acid groups (broad SMARTS) is 2. The molecule has 1 fully saturated rings. The first-order chi connectivity index (χ1) is 17.6. The molecule has 0 bridgehead atoms. The third-order valence-corrected chi connectivity index (χ3v) is 6.48. The highest BCUT2D eigenvalue weighted by atomic mass is 32.1. The fourth-order valence-corrected chi connectivity index (χ4v) is 4.39. The summed E-state index contributed by atoms with van der Waals surface area (Å²) in [4.78, 5) is 34.3. The zero-order valence-electron chi connectivity index (χ0n) is 20.7. The van der Waals surface area contributed by atoms with Crippen molar-refractivity contribution in [2.24, 2.45) is 5.73 Å². The zero-order chi connectivity index (χ0) is 27.1. The second kappa shape index (κ2) is 12.4. The summed E-state index contributed by atoms with van der Waals surface area (Å²) >= 11 is 4.85. The van der Waals surface area contributed by atoms with Crippen molar-refractivity contribution >= 4 is 45.7 Å². The van der Waals surface area contributed by atoms with Crippen LogP contribution in [-0.4, -0.2) is 56.5 Å². The van der Waals surface area contributed by atoms with Gasteiger partial charge in [0.1, 0.15) is 24.4 Å². The molecule has 3 aromatic carbocycles. The molecular formula is C28H30N2O6S. The van der Waals surface area contributed by atoms with Crippen LogP contribution in [0, 0.1) is 6.92 Å². The number of aryl methyl sites for hydroxylation is 1. The number of hydrogen-bond donors (Lipinski definition) is 3. The molecule has 0 spiro atoms. The van der Waals surface area contributed by atoms with Crippen LogP contribution in [0.3, 0.4) is 0 Å². The number of amides is 1. The summed E-state index contributed by atoms with van der Waals surface area (Å²) in [7, 11) is 0. The number of fused-ring (bicyclic) bond motifs is 1. The van der Waals surface area contributed by atoms with Crippen molar-refractivity contribution in [2.75, 3.05) is 6.54 Å². The van der Waals surface area contributed by atoms with Crippen molar-refractivity contribution in [2.45, 2.75) is 45.4 Å². The van der Waals surface area contributed by atoms with Crippen LogP contribution < -0.4 is 10.5 Å². The highest BCUT2D eigenvalue weighted by Crippen LogP contribution is 2.24. The average molecular weight is 523 g/mol. The maximum atomic E-state index is 10.9. The van der Waals surface area contributed by atoms with E-state index < -0.39 is 24.0 Å². The first kappa shape index (κ1) is 27.8. The lowest BCUT2D eigenvalue weighted by Crippen LogP contribution is -2.39. The van der Waals surface area contributed by atoms with E-state index in [9.17, 15) is 14.4 Å². The molecule has 1 amide bonds. The van der Waals surface area contributed by atoms with Gasteiger partial charge in [-0.15, -0.1) is 0 Å². The van der Waals surface area contributed by atoms with Crippen LogP contribution in [-0.2, 0) is 27.4 Å². The second-order valence-corrected chi connectivity index (χ2v) is 9.48. The predicted molar refractivity (Wildman–Crippen MR) is 145 cm³/mol. The highest BCUT2D eigenvalue weighted by molar-refractivity contribution is 7.80. The number of rotatable bonds is 7. The maximum Gasteiger partial charge on any atom is 0.326 e. The largest absolute Gasteiger partial charge is 0.489 e. The number of nitrogens with zero attached hydrogens (tertiary/aromatic N) is 1. The Hall–Kier alpha value is -3.82. The van der Waals surface area contributed by atoms with E-state index in [-0.39, 0.29) is 5.91 Å². The van der Waals surface area contributed by atoms with Gasteiger partial charge in [0.25, 0.3) is 0 Å². The molecule has 37 heavy (non-hydrogen) atoms. The van der Waals surface area contributed by atoms with Gasteiger partial charge in [0.15, 0.2) is 0 Å². The third kappa shape index (κ3) is 7.34. The van der Waals surface area contributed by atoms with Gasteiger partial charge >= 0.3 is 11.9 Å². The number of thiocarbonyl (C=S) groups is 1. The van der Waals surface area contributed by atoms with Crippen LogP contribution in [0.1, 0.15) is 30.0 Å². The van der Waals surface area contributed by atoms with Crippen molar-refractivity contribution in [3.05, 3.63) is 77.4 Å². The fraction of sp³-hybridized carbons (Fsp3) is 0.286. The number of carbonyl (C=O) groups is 3. The summed E-state index contributed by atoms with van der Waals surface area (Å²) in [5, 5.41) is 20.0. The first-order valence-electron chi connectivity index (χ1n) is 11.8. The minimum Gasteiger partial charge on any atom is -0.489 e. The van der Waals surface area contributed by atoms with Gasteiger partial charge in [0.05, 0.1) is 6.54 Å². The molecule has 194 valence electrons. The Morgan fingerprint density at radius 3 is 2.35 bits per heavy atom. The topological polar surface area (TPSA) is 130 Å². The van der Waals surface area contributed by atoms with Gasteiger partial charge in [-0.3, -0.25) is 9.59 Å². The molecule has 0 aromatic heterocycles. The Bertz CT molecular complexity index is 1280. The number of aliphatic carboxylic acids is 2. The summed E-state index contributed by atoms with van der Waals surface area (Å²) in [5.41, 5.74) is 8.81. The molecule has 1 aliphatic heterocycles. The van der Waals surface area contributed by atoms with Gasteiger partial charge in [-0.2, -0.15) is 0 Å².